The maximum absolute atomic E-state index is 7.50. The number of rotatable bonds is 0. The fourth-order valence-electron chi connectivity index (χ4n) is 1.37. The minimum absolute atomic E-state index is 0. The predicted molar refractivity (Wildman–Crippen MR) is 178 cm³/mol. The Bertz CT molecular complexity index is 996. The van der Waals surface area contributed by atoms with Crippen LogP contribution in [-0.4, -0.2) is 48.9 Å². The molecular weight excluding hydrogens is 1720 g/mol. The topological polar surface area (TPSA) is 318 Å². The Kier molecular flexibility index (Phi) is 999. The van der Waals surface area contributed by atoms with Crippen LogP contribution in [0, 0.1) is 131 Å². The molecular formula is C40H22O16Re4Sb2-6. The van der Waals surface area contributed by atoms with E-state index in [9.17, 15) is 0 Å². The van der Waals surface area contributed by atoms with Crippen LogP contribution in [0.15, 0.2) is 121 Å². The third-order valence-corrected chi connectivity index (χ3v) is 2.43. The van der Waals surface area contributed by atoms with Crippen LogP contribution in [-0.2, 0) is 156 Å². The molecule has 10 radical (unpaired) electrons. The molecule has 0 fully saturated rings. The van der Waals surface area contributed by atoms with Crippen molar-refractivity contribution in [1.82, 2.24) is 0 Å². The zero-order valence-corrected chi connectivity index (χ0v) is 46.5. The molecule has 0 heterocycles. The van der Waals surface area contributed by atoms with Gasteiger partial charge < -0.3 is 2.85 Å². The first kappa shape index (κ1) is 145. The quantitative estimate of drug-likeness (QED) is 0.130. The maximum atomic E-state index is 7.50. The molecule has 62 heavy (non-hydrogen) atoms. The van der Waals surface area contributed by atoms with Crippen molar-refractivity contribution in [2.24, 2.45) is 0 Å². The Labute approximate surface area is 455 Å². The molecule has 0 spiro atoms. The normalized spacial score (nSPS) is 3.61. The molecule has 0 aliphatic carbocycles. The van der Waals surface area contributed by atoms with Gasteiger partial charge in [0.15, 0.2) is 0 Å². The van der Waals surface area contributed by atoms with E-state index in [-0.39, 0.29) is 133 Å². The van der Waals surface area contributed by atoms with Crippen molar-refractivity contribution < 1.29 is 159 Å². The summed E-state index contributed by atoms with van der Waals surface area (Å²) < 4.78 is 120. The summed E-state index contributed by atoms with van der Waals surface area (Å²) in [5, 5.41) is 0. The van der Waals surface area contributed by atoms with Gasteiger partial charge in [0.1, 0.15) is 0 Å². The molecule has 0 bridgehead atoms. The molecule has 4 aromatic carbocycles. The van der Waals surface area contributed by atoms with Crippen molar-refractivity contribution >= 4 is 48.9 Å². The third-order valence-electron chi connectivity index (χ3n) is 2.43. The summed E-state index contributed by atoms with van der Waals surface area (Å²) in [6.45, 7) is 72.0. The van der Waals surface area contributed by atoms with Crippen molar-refractivity contribution in [2.75, 3.05) is 0 Å². The Morgan fingerprint density at radius 1 is 0.177 bits per heavy atom. The number of benzene rings is 4. The van der Waals surface area contributed by atoms with E-state index in [0.717, 1.165) is 0 Å². The van der Waals surface area contributed by atoms with E-state index in [2.05, 4.69) is 131 Å². The van der Waals surface area contributed by atoms with Crippen LogP contribution >= 0.6 is 0 Å². The summed E-state index contributed by atoms with van der Waals surface area (Å²) in [4.78, 5) is 0. The summed E-state index contributed by atoms with van der Waals surface area (Å²) in [7, 11) is 0. The van der Waals surface area contributed by atoms with Gasteiger partial charge in [-0.25, -0.2) is 0 Å². The molecule has 0 aromatic heterocycles. The summed E-state index contributed by atoms with van der Waals surface area (Å²) in [5.41, 5.74) is 0. The van der Waals surface area contributed by atoms with E-state index in [1.807, 2.05) is 121 Å². The van der Waals surface area contributed by atoms with Crippen molar-refractivity contribution in [2.45, 2.75) is 0 Å². The minimum atomic E-state index is 0. The third kappa shape index (κ3) is 405. The maximum Gasteiger partial charge on any atom is 0 e. The second kappa shape index (κ2) is 427. The predicted octanol–water partition coefficient (Wildman–Crippen LogP) is 4.80. The molecule has 0 aliphatic rings. The van der Waals surface area contributed by atoms with Gasteiger partial charge in [-0.2, -0.15) is 146 Å². The minimum Gasteiger partial charge on any atom is -1.00 e. The van der Waals surface area contributed by atoms with Crippen LogP contribution in [0.5, 0.6) is 0 Å². The van der Waals surface area contributed by atoms with Gasteiger partial charge in [-0.05, 0) is 0 Å². The second-order valence-corrected chi connectivity index (χ2v) is 4.31. The van der Waals surface area contributed by atoms with Crippen molar-refractivity contribution in [3.05, 3.63) is 252 Å². The van der Waals surface area contributed by atoms with Crippen molar-refractivity contribution in [3.63, 3.8) is 0 Å². The standard InChI is InChI=1S/4C6H5.16CO.4Re.2Sb.2H/c4*1-2-4-6-5-3-1;16*1-2;;;;;;;;/h4*1-5H;;;;;;;;;;;;;;;;;;;;;;;;/q4*-1;;;;;;;;;;;;;;;;;;;;;;;2*-1. The van der Waals surface area contributed by atoms with E-state index < -0.39 is 0 Å². The summed E-state index contributed by atoms with van der Waals surface area (Å²) in [6, 6.07) is 50.0. The number of hydrogen-bond donors (Lipinski definition) is 0. The monoisotopic (exact) mass is 1750 g/mol. The first-order chi connectivity index (χ1) is 28.0. The van der Waals surface area contributed by atoms with Crippen LogP contribution in [0.1, 0.15) is 2.85 Å². The Morgan fingerprint density at radius 2 is 0.242 bits per heavy atom. The van der Waals surface area contributed by atoms with E-state index in [4.69, 9.17) is 74.4 Å². The molecule has 0 amide bonds. The zero-order valence-electron chi connectivity index (χ0n) is 32.5. The molecule has 16 nitrogen and oxygen atoms in total. The van der Waals surface area contributed by atoms with Crippen LogP contribution in [0.3, 0.4) is 0 Å². The summed E-state index contributed by atoms with van der Waals surface area (Å²) in [6.07, 6.45) is 0. The van der Waals surface area contributed by atoms with Gasteiger partial charge in [-0.1, -0.05) is 0 Å². The fraction of sp³-hybridized carbons (Fsp3) is 0. The van der Waals surface area contributed by atoms with E-state index in [1.165, 1.54) is 0 Å². The van der Waals surface area contributed by atoms with Crippen molar-refractivity contribution in [1.29, 1.82) is 0 Å². The first-order valence-electron chi connectivity index (χ1n) is 10.9. The van der Waals surface area contributed by atoms with Crippen molar-refractivity contribution in [3.8, 4) is 0 Å². The van der Waals surface area contributed by atoms with Crippen LogP contribution in [0.2, 0.25) is 0 Å². The van der Waals surface area contributed by atoms with Gasteiger partial charge in [-0.3, -0.25) is 0 Å². The smallest absolute Gasteiger partial charge is 0 e. The van der Waals surface area contributed by atoms with Crippen LogP contribution < -0.4 is 0 Å². The molecule has 4 rings (SSSR count). The molecule has 0 atom stereocenters. The van der Waals surface area contributed by atoms with E-state index in [1.54, 1.807) is 0 Å². The van der Waals surface area contributed by atoms with Gasteiger partial charge in [0.25, 0.3) is 0 Å². The van der Waals surface area contributed by atoms with Gasteiger partial charge in [-0.15, -0.1) is 0 Å². The fourth-order valence-corrected chi connectivity index (χ4v) is 1.37. The Hall–Kier alpha value is -2.99. The molecule has 4 aromatic rings. The molecule has 0 saturated heterocycles. The summed E-state index contributed by atoms with van der Waals surface area (Å²) in [5.74, 6) is 0. The van der Waals surface area contributed by atoms with E-state index >= 15 is 0 Å². The molecule has 0 saturated carbocycles. The van der Waals surface area contributed by atoms with Gasteiger partial charge in [0.2, 0.25) is 0 Å². The molecule has 0 unspecified atom stereocenters. The summed E-state index contributed by atoms with van der Waals surface area (Å²) >= 11 is 0. The van der Waals surface area contributed by atoms with Gasteiger partial charge >= 0.3 is 181 Å². The SMILES string of the molecule is [C-]#[O+].[C-]#[O+].[C-]#[O+].[C-]#[O+].[C-]#[O+].[C-]#[O+].[C-]#[O+].[C-]#[O+].[C-]#[O+].[C-]#[O+].[C-]#[O+].[C-]#[O+].[C-]#[O+].[C-]#[O+].[C-]#[O+].[C-]#[O+].[H-].[H-].[Re].[Re].[Re].[Re].[Sb].[Sb].[c-]1ccccc1.[c-]1ccccc1.[c-]1ccccc1.[c-]1ccccc1. The average molecular weight is 1750 g/mol. The second-order valence-electron chi connectivity index (χ2n) is 4.31. The first-order valence-corrected chi connectivity index (χ1v) is 10.9. The van der Waals surface area contributed by atoms with Gasteiger partial charge in [0, 0.05) is 131 Å². The molecule has 22 heteroatoms. The average Bonchev–Trinajstić information content (AvgIpc) is 3.41. The van der Waals surface area contributed by atoms with Crippen LogP contribution in [0.4, 0.5) is 0 Å². The van der Waals surface area contributed by atoms with Crippen LogP contribution in [0.25, 0.3) is 0 Å². The largest absolute Gasteiger partial charge is 1.00 e. The Balaban J connectivity index is -0.0000000122. The molecule has 322 valence electrons. The molecule has 0 N–H and O–H groups in total. The zero-order chi connectivity index (χ0) is 49.0. The Morgan fingerprint density at radius 3 is 0.258 bits per heavy atom. The van der Waals surface area contributed by atoms with Gasteiger partial charge in [0.05, 0.1) is 0 Å². The molecule has 0 aliphatic heterocycles. The number of hydrogen-bond acceptors (Lipinski definition) is 0. The van der Waals surface area contributed by atoms with E-state index in [0.29, 0.717) is 0 Å².